The van der Waals surface area contributed by atoms with E-state index in [-0.39, 0.29) is 17.7 Å². The van der Waals surface area contributed by atoms with Gasteiger partial charge in [0.05, 0.1) is 11.6 Å². The van der Waals surface area contributed by atoms with Crippen LogP contribution >= 0.6 is 0 Å². The maximum atomic E-state index is 12.7. The standard InChI is InChI=1S/C20H23N5O2/c1-25-12-11-16-17(19(25)27)18(21-13-5-3-2-4-6-13)24-20(23-16)22-14-7-9-15(26)10-8-14/h2-6,11-12,14-15,26H,7-10H2,1H3,(H2,21,22,23,24). The Morgan fingerprint density at radius 3 is 2.56 bits per heavy atom. The number of pyridine rings is 1. The van der Waals surface area contributed by atoms with Crippen molar-refractivity contribution >= 4 is 28.4 Å². The van der Waals surface area contributed by atoms with Gasteiger partial charge in [0.1, 0.15) is 11.2 Å². The van der Waals surface area contributed by atoms with Crippen LogP contribution in [0.4, 0.5) is 17.5 Å². The van der Waals surface area contributed by atoms with Gasteiger partial charge in [0, 0.05) is 25.0 Å². The molecule has 1 aromatic carbocycles. The van der Waals surface area contributed by atoms with Gasteiger partial charge in [-0.2, -0.15) is 4.98 Å². The van der Waals surface area contributed by atoms with Gasteiger partial charge in [0.25, 0.3) is 5.56 Å². The molecular formula is C20H23N5O2. The monoisotopic (exact) mass is 365 g/mol. The van der Waals surface area contributed by atoms with E-state index in [0.29, 0.717) is 22.7 Å². The van der Waals surface area contributed by atoms with Crippen LogP contribution in [0.15, 0.2) is 47.4 Å². The van der Waals surface area contributed by atoms with Gasteiger partial charge in [-0.15, -0.1) is 0 Å². The fourth-order valence-corrected chi connectivity index (χ4v) is 3.45. The Morgan fingerprint density at radius 1 is 1.07 bits per heavy atom. The molecule has 2 heterocycles. The van der Waals surface area contributed by atoms with Crippen molar-refractivity contribution in [1.82, 2.24) is 14.5 Å². The van der Waals surface area contributed by atoms with Crippen LogP contribution in [0.25, 0.3) is 10.9 Å². The molecule has 3 aromatic rings. The molecule has 1 saturated carbocycles. The maximum Gasteiger partial charge on any atom is 0.263 e. The van der Waals surface area contributed by atoms with Crippen LogP contribution in [-0.2, 0) is 7.05 Å². The number of aliphatic hydroxyl groups excluding tert-OH is 1. The number of anilines is 3. The predicted octanol–water partition coefficient (Wildman–Crippen LogP) is 2.79. The molecule has 7 nitrogen and oxygen atoms in total. The van der Waals surface area contributed by atoms with Crippen molar-refractivity contribution in [2.45, 2.75) is 37.8 Å². The molecule has 0 atom stereocenters. The Kier molecular flexibility index (Phi) is 4.77. The number of aliphatic hydroxyl groups is 1. The van der Waals surface area contributed by atoms with Crippen LogP contribution < -0.4 is 16.2 Å². The quantitative estimate of drug-likeness (QED) is 0.658. The summed E-state index contributed by atoms with van der Waals surface area (Å²) in [7, 11) is 1.72. The van der Waals surface area contributed by atoms with Gasteiger partial charge in [0.2, 0.25) is 5.95 Å². The molecule has 0 bridgehead atoms. The lowest BCUT2D eigenvalue weighted by atomic mass is 9.93. The topological polar surface area (TPSA) is 92.1 Å². The van der Waals surface area contributed by atoms with E-state index in [0.717, 1.165) is 31.4 Å². The van der Waals surface area contributed by atoms with Crippen molar-refractivity contribution < 1.29 is 5.11 Å². The molecule has 27 heavy (non-hydrogen) atoms. The first-order chi connectivity index (χ1) is 13.1. The van der Waals surface area contributed by atoms with E-state index in [1.165, 1.54) is 4.57 Å². The molecule has 7 heteroatoms. The van der Waals surface area contributed by atoms with Crippen molar-refractivity contribution in [2.75, 3.05) is 10.6 Å². The minimum absolute atomic E-state index is 0.140. The van der Waals surface area contributed by atoms with Gasteiger partial charge in [-0.1, -0.05) is 18.2 Å². The van der Waals surface area contributed by atoms with Crippen LogP contribution in [0.5, 0.6) is 0 Å². The van der Waals surface area contributed by atoms with Gasteiger partial charge >= 0.3 is 0 Å². The molecule has 3 N–H and O–H groups in total. The third-order valence-electron chi connectivity index (χ3n) is 4.99. The molecule has 0 aliphatic heterocycles. The third-order valence-corrected chi connectivity index (χ3v) is 4.99. The zero-order valence-corrected chi connectivity index (χ0v) is 15.2. The molecular weight excluding hydrogens is 342 g/mol. The normalized spacial score (nSPS) is 19.8. The molecule has 0 amide bonds. The Bertz CT molecular complexity index is 994. The van der Waals surface area contributed by atoms with Gasteiger partial charge < -0.3 is 20.3 Å². The van der Waals surface area contributed by atoms with Gasteiger partial charge in [-0.25, -0.2) is 4.98 Å². The number of rotatable bonds is 4. The van der Waals surface area contributed by atoms with Gasteiger partial charge in [-0.05, 0) is 43.9 Å². The minimum atomic E-state index is -0.209. The van der Waals surface area contributed by atoms with Gasteiger partial charge in [-0.3, -0.25) is 4.79 Å². The summed E-state index contributed by atoms with van der Waals surface area (Å²) in [5, 5.41) is 16.8. The number of aryl methyl sites for hydroxylation is 1. The summed E-state index contributed by atoms with van der Waals surface area (Å²) in [5.74, 6) is 0.987. The number of nitrogens with zero attached hydrogens (tertiary/aromatic N) is 3. The van der Waals surface area contributed by atoms with Gasteiger partial charge in [0.15, 0.2) is 0 Å². The van der Waals surface area contributed by atoms with Crippen molar-refractivity contribution in [3.05, 3.63) is 52.9 Å². The highest BCUT2D eigenvalue weighted by molar-refractivity contribution is 5.91. The lowest BCUT2D eigenvalue weighted by Gasteiger charge is -2.26. The van der Waals surface area contributed by atoms with E-state index < -0.39 is 0 Å². The molecule has 2 aromatic heterocycles. The van der Waals surface area contributed by atoms with Crippen LogP contribution in [-0.4, -0.2) is 31.8 Å². The number of benzene rings is 1. The summed E-state index contributed by atoms with van der Waals surface area (Å²) >= 11 is 0. The summed E-state index contributed by atoms with van der Waals surface area (Å²) in [6, 6.07) is 11.7. The number of aromatic nitrogens is 3. The maximum absolute atomic E-state index is 12.7. The molecule has 0 radical (unpaired) electrons. The molecule has 1 aliphatic rings. The molecule has 0 spiro atoms. The smallest absolute Gasteiger partial charge is 0.263 e. The van der Waals surface area contributed by atoms with Crippen molar-refractivity contribution in [3.8, 4) is 0 Å². The second kappa shape index (κ2) is 7.36. The average Bonchev–Trinajstić information content (AvgIpc) is 2.67. The molecule has 1 aliphatic carbocycles. The first kappa shape index (κ1) is 17.5. The summed E-state index contributed by atoms with van der Waals surface area (Å²) in [5.41, 5.74) is 1.32. The van der Waals surface area contributed by atoms with E-state index >= 15 is 0 Å². The fraction of sp³-hybridized carbons (Fsp3) is 0.350. The first-order valence-corrected chi connectivity index (χ1v) is 9.24. The highest BCUT2D eigenvalue weighted by Crippen LogP contribution is 2.25. The van der Waals surface area contributed by atoms with Crippen LogP contribution in [0, 0.1) is 0 Å². The van der Waals surface area contributed by atoms with E-state index in [4.69, 9.17) is 0 Å². The summed E-state index contributed by atoms with van der Waals surface area (Å²) in [4.78, 5) is 21.8. The van der Waals surface area contributed by atoms with E-state index in [9.17, 15) is 9.90 Å². The average molecular weight is 365 g/mol. The van der Waals surface area contributed by atoms with Crippen molar-refractivity contribution in [3.63, 3.8) is 0 Å². The number of para-hydroxylation sites is 1. The molecule has 1 fully saturated rings. The Morgan fingerprint density at radius 2 is 1.81 bits per heavy atom. The van der Waals surface area contributed by atoms with Crippen molar-refractivity contribution in [1.29, 1.82) is 0 Å². The third kappa shape index (κ3) is 3.78. The lowest BCUT2D eigenvalue weighted by Crippen LogP contribution is -2.29. The Labute approximate surface area is 157 Å². The number of nitrogens with one attached hydrogen (secondary N) is 2. The van der Waals surface area contributed by atoms with E-state index in [1.807, 2.05) is 36.4 Å². The zero-order valence-electron chi connectivity index (χ0n) is 15.2. The van der Waals surface area contributed by atoms with Crippen LogP contribution in [0.3, 0.4) is 0 Å². The second-order valence-electron chi connectivity index (χ2n) is 7.03. The second-order valence-corrected chi connectivity index (χ2v) is 7.03. The molecule has 140 valence electrons. The number of hydrogen-bond donors (Lipinski definition) is 3. The summed E-state index contributed by atoms with van der Waals surface area (Å²) in [6.45, 7) is 0. The zero-order chi connectivity index (χ0) is 18.8. The fourth-order valence-electron chi connectivity index (χ4n) is 3.45. The Hall–Kier alpha value is -2.93. The highest BCUT2D eigenvalue weighted by atomic mass is 16.3. The predicted molar refractivity (Wildman–Crippen MR) is 106 cm³/mol. The summed E-state index contributed by atoms with van der Waals surface area (Å²) < 4.78 is 1.53. The minimum Gasteiger partial charge on any atom is -0.393 e. The van der Waals surface area contributed by atoms with Crippen molar-refractivity contribution in [2.24, 2.45) is 7.05 Å². The van der Waals surface area contributed by atoms with E-state index in [2.05, 4.69) is 20.6 Å². The largest absolute Gasteiger partial charge is 0.393 e. The Balaban J connectivity index is 1.73. The van der Waals surface area contributed by atoms with E-state index in [1.54, 1.807) is 13.2 Å². The number of fused-ring (bicyclic) bond motifs is 1. The SMILES string of the molecule is Cn1ccc2nc(NC3CCC(O)CC3)nc(Nc3ccccc3)c2c1=O. The van der Waals surface area contributed by atoms with Crippen LogP contribution in [0.1, 0.15) is 25.7 Å². The highest BCUT2D eigenvalue weighted by Gasteiger charge is 2.21. The number of hydrogen-bond acceptors (Lipinski definition) is 6. The first-order valence-electron chi connectivity index (χ1n) is 9.24. The van der Waals surface area contributed by atoms with Crippen LogP contribution in [0.2, 0.25) is 0 Å². The summed E-state index contributed by atoms with van der Waals surface area (Å²) in [6.07, 6.45) is 4.81. The molecule has 0 unspecified atom stereocenters. The lowest BCUT2D eigenvalue weighted by molar-refractivity contribution is 0.126. The molecule has 0 saturated heterocycles. The molecule has 4 rings (SSSR count).